The SMILES string of the molecule is NCC(CO)c1ncc(Cl)cn1. The fraction of sp³-hybridized carbons (Fsp3) is 0.429. The lowest BCUT2D eigenvalue weighted by Crippen LogP contribution is -2.18. The molecule has 0 aliphatic heterocycles. The van der Waals surface area contributed by atoms with Crippen molar-refractivity contribution in [2.45, 2.75) is 5.92 Å². The second-order valence-corrected chi connectivity index (χ2v) is 2.81. The zero-order valence-electron chi connectivity index (χ0n) is 6.44. The molecule has 0 spiro atoms. The van der Waals surface area contributed by atoms with Gasteiger partial charge in [0.15, 0.2) is 0 Å². The second-order valence-electron chi connectivity index (χ2n) is 2.37. The van der Waals surface area contributed by atoms with Gasteiger partial charge in [-0.3, -0.25) is 0 Å². The number of aliphatic hydroxyl groups excluding tert-OH is 1. The van der Waals surface area contributed by atoms with Crippen molar-refractivity contribution in [2.75, 3.05) is 13.2 Å². The highest BCUT2D eigenvalue weighted by molar-refractivity contribution is 6.30. The van der Waals surface area contributed by atoms with Gasteiger partial charge in [0.25, 0.3) is 0 Å². The largest absolute Gasteiger partial charge is 0.396 e. The van der Waals surface area contributed by atoms with E-state index in [1.807, 2.05) is 0 Å². The van der Waals surface area contributed by atoms with Crippen LogP contribution in [0.1, 0.15) is 11.7 Å². The van der Waals surface area contributed by atoms with Gasteiger partial charge in [0, 0.05) is 18.9 Å². The van der Waals surface area contributed by atoms with Crippen LogP contribution in [0.3, 0.4) is 0 Å². The minimum atomic E-state index is -0.192. The van der Waals surface area contributed by atoms with Crippen LogP contribution in [0.4, 0.5) is 0 Å². The Balaban J connectivity index is 2.80. The molecule has 1 aromatic rings. The molecule has 4 nitrogen and oxygen atoms in total. The first-order valence-electron chi connectivity index (χ1n) is 3.56. The Morgan fingerprint density at radius 2 is 2.08 bits per heavy atom. The molecule has 0 saturated heterocycles. The van der Waals surface area contributed by atoms with Crippen LogP contribution in [0.15, 0.2) is 12.4 Å². The third kappa shape index (κ3) is 2.14. The third-order valence-electron chi connectivity index (χ3n) is 1.51. The summed E-state index contributed by atoms with van der Waals surface area (Å²) >= 11 is 5.58. The lowest BCUT2D eigenvalue weighted by atomic mass is 10.1. The fourth-order valence-corrected chi connectivity index (χ4v) is 0.892. The number of nitrogens with two attached hydrogens (primary N) is 1. The summed E-state index contributed by atoms with van der Waals surface area (Å²) in [5, 5.41) is 9.33. The number of rotatable bonds is 3. The van der Waals surface area contributed by atoms with Gasteiger partial charge in [-0.2, -0.15) is 0 Å². The van der Waals surface area contributed by atoms with E-state index in [1.54, 1.807) is 0 Å². The van der Waals surface area contributed by atoms with Crippen LogP contribution in [0, 0.1) is 0 Å². The van der Waals surface area contributed by atoms with E-state index < -0.39 is 0 Å². The van der Waals surface area contributed by atoms with Crippen LogP contribution in [0.25, 0.3) is 0 Å². The number of hydrogen-bond acceptors (Lipinski definition) is 4. The number of nitrogens with zero attached hydrogens (tertiary/aromatic N) is 2. The van der Waals surface area contributed by atoms with Gasteiger partial charge in [0.2, 0.25) is 0 Å². The van der Waals surface area contributed by atoms with Crippen LogP contribution in [0.5, 0.6) is 0 Å². The molecule has 0 saturated carbocycles. The Morgan fingerprint density at radius 1 is 1.50 bits per heavy atom. The predicted octanol–water partition coefficient (Wildman–Crippen LogP) is 0.165. The predicted molar refractivity (Wildman–Crippen MR) is 45.9 cm³/mol. The molecule has 1 atom stereocenters. The molecule has 0 fully saturated rings. The van der Waals surface area contributed by atoms with Crippen LogP contribution in [-0.4, -0.2) is 28.2 Å². The van der Waals surface area contributed by atoms with Gasteiger partial charge in [0.05, 0.1) is 17.5 Å². The summed E-state index contributed by atoms with van der Waals surface area (Å²) in [5.74, 6) is 0.340. The van der Waals surface area contributed by atoms with E-state index in [1.165, 1.54) is 12.4 Å². The normalized spacial score (nSPS) is 12.9. The van der Waals surface area contributed by atoms with Gasteiger partial charge in [-0.25, -0.2) is 9.97 Å². The molecule has 0 aromatic carbocycles. The molecule has 0 bridgehead atoms. The first kappa shape index (κ1) is 9.38. The van der Waals surface area contributed by atoms with E-state index >= 15 is 0 Å². The van der Waals surface area contributed by atoms with Gasteiger partial charge in [-0.15, -0.1) is 0 Å². The molecule has 0 amide bonds. The standard InChI is InChI=1S/C7H10ClN3O/c8-6-2-10-7(11-3-6)5(1-9)4-12/h2-3,5,12H,1,4,9H2. The Labute approximate surface area is 75.4 Å². The molecule has 3 N–H and O–H groups in total. The van der Waals surface area contributed by atoms with E-state index in [9.17, 15) is 0 Å². The average Bonchev–Trinajstić information content (AvgIpc) is 2.10. The first-order valence-corrected chi connectivity index (χ1v) is 3.94. The maximum atomic E-state index is 8.86. The van der Waals surface area contributed by atoms with E-state index in [-0.39, 0.29) is 12.5 Å². The lowest BCUT2D eigenvalue weighted by Gasteiger charge is -2.08. The van der Waals surface area contributed by atoms with Crippen molar-refractivity contribution in [1.82, 2.24) is 9.97 Å². The van der Waals surface area contributed by atoms with E-state index in [0.717, 1.165) is 0 Å². The van der Waals surface area contributed by atoms with Crippen molar-refractivity contribution in [3.8, 4) is 0 Å². The smallest absolute Gasteiger partial charge is 0.134 e. The average molecular weight is 188 g/mol. The van der Waals surface area contributed by atoms with E-state index in [0.29, 0.717) is 17.4 Å². The molecule has 0 radical (unpaired) electrons. The maximum Gasteiger partial charge on any atom is 0.134 e. The third-order valence-corrected chi connectivity index (χ3v) is 1.71. The number of hydrogen-bond donors (Lipinski definition) is 2. The monoisotopic (exact) mass is 187 g/mol. The minimum absolute atomic E-state index is 0.0435. The van der Waals surface area contributed by atoms with Crippen molar-refractivity contribution in [1.29, 1.82) is 0 Å². The Hall–Kier alpha value is -0.710. The zero-order valence-corrected chi connectivity index (χ0v) is 7.20. The van der Waals surface area contributed by atoms with E-state index in [4.69, 9.17) is 22.4 Å². The summed E-state index contributed by atoms with van der Waals surface area (Å²) < 4.78 is 0. The van der Waals surface area contributed by atoms with Crippen molar-refractivity contribution in [2.24, 2.45) is 5.73 Å². The van der Waals surface area contributed by atoms with Crippen molar-refractivity contribution < 1.29 is 5.11 Å². The molecule has 12 heavy (non-hydrogen) atoms. The number of halogens is 1. The first-order chi connectivity index (χ1) is 5.77. The molecule has 1 unspecified atom stereocenters. The molecular formula is C7H10ClN3O. The molecule has 1 heterocycles. The molecule has 1 aromatic heterocycles. The van der Waals surface area contributed by atoms with Crippen molar-refractivity contribution >= 4 is 11.6 Å². The molecule has 5 heteroatoms. The van der Waals surface area contributed by atoms with Crippen molar-refractivity contribution in [3.63, 3.8) is 0 Å². The van der Waals surface area contributed by atoms with Gasteiger partial charge in [-0.1, -0.05) is 11.6 Å². The highest BCUT2D eigenvalue weighted by Gasteiger charge is 2.10. The van der Waals surface area contributed by atoms with Crippen LogP contribution in [0.2, 0.25) is 5.02 Å². The Bertz CT molecular complexity index is 235. The van der Waals surface area contributed by atoms with Crippen LogP contribution >= 0.6 is 11.6 Å². The Kier molecular flexibility index (Phi) is 3.40. The topological polar surface area (TPSA) is 72.0 Å². The van der Waals surface area contributed by atoms with Crippen molar-refractivity contribution in [3.05, 3.63) is 23.2 Å². The van der Waals surface area contributed by atoms with Crippen LogP contribution < -0.4 is 5.73 Å². The summed E-state index contributed by atoms with van der Waals surface area (Å²) in [6, 6.07) is 0. The van der Waals surface area contributed by atoms with Gasteiger partial charge in [-0.05, 0) is 0 Å². The number of aromatic nitrogens is 2. The Morgan fingerprint density at radius 3 is 2.50 bits per heavy atom. The maximum absolute atomic E-state index is 8.86. The molecule has 66 valence electrons. The highest BCUT2D eigenvalue weighted by atomic mass is 35.5. The zero-order chi connectivity index (χ0) is 8.97. The summed E-state index contributed by atoms with van der Waals surface area (Å²) in [5.41, 5.74) is 5.38. The lowest BCUT2D eigenvalue weighted by molar-refractivity contribution is 0.263. The summed E-state index contributed by atoms with van der Waals surface area (Å²) in [7, 11) is 0. The quantitative estimate of drug-likeness (QED) is 0.708. The fourth-order valence-electron chi connectivity index (χ4n) is 0.795. The van der Waals surface area contributed by atoms with Crippen LogP contribution in [-0.2, 0) is 0 Å². The van der Waals surface area contributed by atoms with Gasteiger partial charge < -0.3 is 10.8 Å². The van der Waals surface area contributed by atoms with E-state index in [2.05, 4.69) is 9.97 Å². The highest BCUT2D eigenvalue weighted by Crippen LogP contribution is 2.10. The summed E-state index contributed by atoms with van der Waals surface area (Å²) in [4.78, 5) is 7.87. The number of aliphatic hydroxyl groups is 1. The summed E-state index contributed by atoms with van der Waals surface area (Å²) in [6.07, 6.45) is 2.98. The van der Waals surface area contributed by atoms with Gasteiger partial charge >= 0.3 is 0 Å². The minimum Gasteiger partial charge on any atom is -0.396 e. The van der Waals surface area contributed by atoms with Gasteiger partial charge in [0.1, 0.15) is 5.82 Å². The molecule has 0 aliphatic rings. The molecule has 0 aliphatic carbocycles. The summed E-state index contributed by atoms with van der Waals surface area (Å²) in [6.45, 7) is 0.288. The second kappa shape index (κ2) is 4.35. The molecule has 1 rings (SSSR count). The molecular weight excluding hydrogens is 178 g/mol.